The summed E-state index contributed by atoms with van der Waals surface area (Å²) < 4.78 is 1.37. The number of anilines is 3. The molecule has 0 bridgehead atoms. The molecule has 0 spiro atoms. The number of nitrogen functional groups attached to an aromatic ring is 3. The van der Waals surface area contributed by atoms with E-state index in [9.17, 15) is 0 Å². The van der Waals surface area contributed by atoms with E-state index < -0.39 is 0 Å². The normalized spacial score (nSPS) is 10.1. The Morgan fingerprint density at radius 2 is 1.67 bits per heavy atom. The highest BCUT2D eigenvalue weighted by Crippen LogP contribution is 1.96. The van der Waals surface area contributed by atoms with Crippen LogP contribution in [0.2, 0.25) is 0 Å². The van der Waals surface area contributed by atoms with Crippen molar-refractivity contribution in [3.8, 4) is 0 Å². The summed E-state index contributed by atoms with van der Waals surface area (Å²) in [5, 5.41) is 8.62. The molecule has 0 saturated carbocycles. The number of aliphatic hydroxyl groups excluding tert-OH is 1. The Kier molecular flexibility index (Phi) is 2.24. The van der Waals surface area contributed by atoms with Crippen LogP contribution in [-0.4, -0.2) is 21.7 Å². The molecular weight excluding hydrogens is 160 g/mol. The summed E-state index contributed by atoms with van der Waals surface area (Å²) in [6.45, 7) is 0.185. The van der Waals surface area contributed by atoms with Gasteiger partial charge in [0.05, 0.1) is 13.2 Å². The summed E-state index contributed by atoms with van der Waals surface area (Å²) >= 11 is 0. The monoisotopic (exact) mass is 171 g/mol. The highest BCUT2D eigenvalue weighted by Gasteiger charge is 2.11. The van der Waals surface area contributed by atoms with Crippen LogP contribution in [0, 0.1) is 0 Å². The minimum atomic E-state index is -0.0770. The van der Waals surface area contributed by atoms with Crippen molar-refractivity contribution in [1.82, 2.24) is 9.97 Å². The van der Waals surface area contributed by atoms with Crippen molar-refractivity contribution >= 4 is 17.8 Å². The van der Waals surface area contributed by atoms with Gasteiger partial charge in [-0.1, -0.05) is 9.97 Å². The van der Waals surface area contributed by atoms with Gasteiger partial charge in [0.25, 0.3) is 0 Å². The zero-order chi connectivity index (χ0) is 9.14. The lowest BCUT2D eigenvalue weighted by molar-refractivity contribution is -0.674. The molecule has 0 amide bonds. The third kappa shape index (κ3) is 1.51. The molecule has 7 heteroatoms. The van der Waals surface area contributed by atoms with Gasteiger partial charge in [0.15, 0.2) is 0 Å². The topological polar surface area (TPSA) is 128 Å². The maximum atomic E-state index is 8.62. The molecule has 1 heterocycles. The second-order valence-corrected chi connectivity index (χ2v) is 2.17. The first kappa shape index (κ1) is 8.47. The predicted molar refractivity (Wildman–Crippen MR) is 42.5 cm³/mol. The lowest BCUT2D eigenvalue weighted by atomic mass is 10.6. The number of nitrogens with zero attached hydrogens (tertiary/aromatic N) is 3. The minimum Gasteiger partial charge on any atom is -0.394 e. The molecular formula is C5H11N6O+. The minimum absolute atomic E-state index is 0.0270. The van der Waals surface area contributed by atoms with Crippen LogP contribution < -0.4 is 21.8 Å². The zero-order valence-electron chi connectivity index (χ0n) is 6.44. The van der Waals surface area contributed by atoms with Crippen molar-refractivity contribution in [2.45, 2.75) is 6.54 Å². The summed E-state index contributed by atoms with van der Waals surface area (Å²) in [6.07, 6.45) is 0. The number of aromatic nitrogens is 3. The number of rotatable bonds is 2. The summed E-state index contributed by atoms with van der Waals surface area (Å²) in [6, 6.07) is 0. The summed E-state index contributed by atoms with van der Waals surface area (Å²) in [4.78, 5) is 7.34. The van der Waals surface area contributed by atoms with Crippen LogP contribution in [0.15, 0.2) is 0 Å². The molecule has 0 saturated heterocycles. The van der Waals surface area contributed by atoms with Crippen LogP contribution in [-0.2, 0) is 6.54 Å². The van der Waals surface area contributed by atoms with Gasteiger partial charge in [-0.2, -0.15) is 0 Å². The molecule has 0 aliphatic heterocycles. The van der Waals surface area contributed by atoms with E-state index in [1.165, 1.54) is 4.57 Å². The summed E-state index contributed by atoms with van der Waals surface area (Å²) in [5.74, 6) is 0.322. The third-order valence-corrected chi connectivity index (χ3v) is 1.33. The van der Waals surface area contributed by atoms with Crippen LogP contribution >= 0.6 is 0 Å². The molecule has 7 nitrogen and oxygen atoms in total. The Morgan fingerprint density at radius 3 is 2.08 bits per heavy atom. The van der Waals surface area contributed by atoms with E-state index in [1.54, 1.807) is 0 Å². The van der Waals surface area contributed by atoms with Crippen molar-refractivity contribution in [3.05, 3.63) is 0 Å². The molecule has 1 rings (SSSR count). The van der Waals surface area contributed by atoms with E-state index in [2.05, 4.69) is 9.97 Å². The molecule has 0 unspecified atom stereocenters. The third-order valence-electron chi connectivity index (χ3n) is 1.33. The van der Waals surface area contributed by atoms with Gasteiger partial charge in [-0.05, 0) is 0 Å². The standard InChI is InChI=1S/C5H10N6O/c6-3-9-4(7)11(1-2-12)5(8)10-3/h12H,1-2H2,(H5,6,7,8,9,10)/p+1. The maximum absolute atomic E-state index is 8.62. The van der Waals surface area contributed by atoms with E-state index >= 15 is 0 Å². The van der Waals surface area contributed by atoms with Crippen molar-refractivity contribution in [3.63, 3.8) is 0 Å². The molecule has 0 fully saturated rings. The fourth-order valence-electron chi connectivity index (χ4n) is 0.827. The second kappa shape index (κ2) is 3.18. The van der Waals surface area contributed by atoms with Crippen molar-refractivity contribution < 1.29 is 9.67 Å². The Hall–Kier alpha value is -1.63. The first-order valence-corrected chi connectivity index (χ1v) is 3.34. The fraction of sp³-hybridized carbons (Fsp3) is 0.400. The Balaban J connectivity index is 3.10. The van der Waals surface area contributed by atoms with Gasteiger partial charge in [0, 0.05) is 0 Å². The highest BCUT2D eigenvalue weighted by atomic mass is 16.3. The summed E-state index contributed by atoms with van der Waals surface area (Å²) in [7, 11) is 0. The Bertz CT molecular complexity index is 264. The van der Waals surface area contributed by atoms with Crippen LogP contribution in [0.5, 0.6) is 0 Å². The maximum Gasteiger partial charge on any atom is 0.322 e. The lowest BCUT2D eigenvalue weighted by Gasteiger charge is -2.02. The van der Waals surface area contributed by atoms with Gasteiger partial charge in [0.1, 0.15) is 0 Å². The molecule has 12 heavy (non-hydrogen) atoms. The van der Waals surface area contributed by atoms with Crippen molar-refractivity contribution in [2.75, 3.05) is 23.8 Å². The van der Waals surface area contributed by atoms with E-state index in [1.807, 2.05) is 0 Å². The lowest BCUT2D eigenvalue weighted by Crippen LogP contribution is -2.43. The first-order chi connectivity index (χ1) is 5.65. The first-order valence-electron chi connectivity index (χ1n) is 3.34. The molecule has 0 radical (unpaired) electrons. The van der Waals surface area contributed by atoms with E-state index in [-0.39, 0.29) is 31.0 Å². The van der Waals surface area contributed by atoms with Gasteiger partial charge >= 0.3 is 17.8 Å². The molecule has 0 atom stereocenters. The zero-order valence-corrected chi connectivity index (χ0v) is 6.44. The van der Waals surface area contributed by atoms with Gasteiger partial charge in [-0.3, -0.25) is 0 Å². The molecule has 0 aliphatic carbocycles. The Morgan fingerprint density at radius 1 is 1.17 bits per heavy atom. The molecule has 66 valence electrons. The Labute approximate surface area is 68.8 Å². The van der Waals surface area contributed by atoms with Gasteiger partial charge in [-0.25, -0.2) is 4.57 Å². The number of hydrogen-bond donors (Lipinski definition) is 4. The average molecular weight is 171 g/mol. The van der Waals surface area contributed by atoms with E-state index in [0.717, 1.165) is 0 Å². The quantitative estimate of drug-likeness (QED) is 0.364. The van der Waals surface area contributed by atoms with Crippen molar-refractivity contribution in [1.29, 1.82) is 0 Å². The SMILES string of the molecule is Nc1nc(N)[n+](CCO)c(N)n1. The van der Waals surface area contributed by atoms with Crippen LogP contribution in [0.25, 0.3) is 0 Å². The largest absolute Gasteiger partial charge is 0.394 e. The molecule has 0 aliphatic rings. The average Bonchev–Trinajstić information content (AvgIpc) is 1.96. The predicted octanol–water partition coefficient (Wildman–Crippen LogP) is -2.50. The molecule has 1 aromatic heterocycles. The van der Waals surface area contributed by atoms with Crippen LogP contribution in [0.3, 0.4) is 0 Å². The second-order valence-electron chi connectivity index (χ2n) is 2.17. The van der Waals surface area contributed by atoms with Gasteiger partial charge in [-0.15, -0.1) is 0 Å². The van der Waals surface area contributed by atoms with E-state index in [4.69, 9.17) is 22.3 Å². The van der Waals surface area contributed by atoms with Crippen LogP contribution in [0.4, 0.5) is 17.8 Å². The number of nitrogens with two attached hydrogens (primary N) is 3. The smallest absolute Gasteiger partial charge is 0.322 e. The van der Waals surface area contributed by atoms with Crippen LogP contribution in [0.1, 0.15) is 0 Å². The fourth-order valence-corrected chi connectivity index (χ4v) is 0.827. The molecule has 0 aromatic carbocycles. The number of hydrogen-bond acceptors (Lipinski definition) is 6. The molecule has 1 aromatic rings. The van der Waals surface area contributed by atoms with E-state index in [0.29, 0.717) is 0 Å². The van der Waals surface area contributed by atoms with Gasteiger partial charge in [0.2, 0.25) is 0 Å². The molecule has 7 N–H and O–H groups in total. The van der Waals surface area contributed by atoms with Crippen molar-refractivity contribution in [2.24, 2.45) is 0 Å². The summed E-state index contributed by atoms with van der Waals surface area (Å²) in [5.41, 5.74) is 16.2. The highest BCUT2D eigenvalue weighted by molar-refractivity contribution is 5.26. The number of aliphatic hydroxyl groups is 1. The van der Waals surface area contributed by atoms with Gasteiger partial charge < -0.3 is 22.3 Å².